The molecule has 4 atom stereocenters. The van der Waals surface area contributed by atoms with Crippen LogP contribution in [0.4, 0.5) is 4.39 Å². The van der Waals surface area contributed by atoms with Gasteiger partial charge in [-0.15, -0.1) is 0 Å². The molecule has 1 aromatic carbocycles. The zero-order valence-corrected chi connectivity index (χ0v) is 12.5. The lowest BCUT2D eigenvalue weighted by Gasteiger charge is -2.21. The van der Waals surface area contributed by atoms with E-state index in [2.05, 4.69) is 5.32 Å². The van der Waals surface area contributed by atoms with Crippen molar-refractivity contribution in [1.29, 1.82) is 0 Å². The van der Waals surface area contributed by atoms with Crippen LogP contribution in [0.25, 0.3) is 0 Å². The topological polar surface area (TPSA) is 55.4 Å². The summed E-state index contributed by atoms with van der Waals surface area (Å²) in [7, 11) is 0. The second-order valence-corrected chi connectivity index (χ2v) is 6.26. The van der Waals surface area contributed by atoms with Gasteiger partial charge >= 0.3 is 0 Å². The van der Waals surface area contributed by atoms with E-state index in [-0.39, 0.29) is 48.1 Å². The second-order valence-electron chi connectivity index (χ2n) is 6.26. The standard InChI is InChI=1S/C17H20FNO3/c1-10(8-15(20)11-2-4-12(18)5-3-11)19-17(21)14-9-13-6-7-16(14)22-13/h2-5,10,13-14,16H,6-9H2,1H3,(H,19,21)/t10-,13+,14-,16+/m0/s1. The summed E-state index contributed by atoms with van der Waals surface area (Å²) in [6.07, 6.45) is 3.27. The van der Waals surface area contributed by atoms with Gasteiger partial charge in [0.25, 0.3) is 0 Å². The van der Waals surface area contributed by atoms with Crippen molar-refractivity contribution in [3.63, 3.8) is 0 Å². The number of rotatable bonds is 5. The molecule has 2 heterocycles. The van der Waals surface area contributed by atoms with Crippen molar-refractivity contribution in [2.45, 2.75) is 50.9 Å². The van der Waals surface area contributed by atoms with E-state index in [1.807, 2.05) is 6.92 Å². The lowest BCUT2D eigenvalue weighted by molar-refractivity contribution is -0.127. The number of carbonyl (C=O) groups excluding carboxylic acids is 2. The molecule has 0 aromatic heterocycles. The van der Waals surface area contributed by atoms with E-state index in [0.717, 1.165) is 19.3 Å². The van der Waals surface area contributed by atoms with Crippen LogP contribution in [0, 0.1) is 11.7 Å². The van der Waals surface area contributed by atoms with Crippen molar-refractivity contribution in [3.05, 3.63) is 35.6 Å². The largest absolute Gasteiger partial charge is 0.374 e. The van der Waals surface area contributed by atoms with Crippen molar-refractivity contribution < 1.29 is 18.7 Å². The number of hydrogen-bond acceptors (Lipinski definition) is 3. The summed E-state index contributed by atoms with van der Waals surface area (Å²) in [5, 5.41) is 2.90. The maximum Gasteiger partial charge on any atom is 0.226 e. The first-order valence-electron chi connectivity index (χ1n) is 7.77. The van der Waals surface area contributed by atoms with E-state index < -0.39 is 0 Å². The van der Waals surface area contributed by atoms with Gasteiger partial charge in [-0.05, 0) is 50.5 Å². The summed E-state index contributed by atoms with van der Waals surface area (Å²) in [6.45, 7) is 1.81. The fourth-order valence-electron chi connectivity index (χ4n) is 3.35. The molecule has 118 valence electrons. The van der Waals surface area contributed by atoms with Gasteiger partial charge in [0.05, 0.1) is 18.1 Å². The van der Waals surface area contributed by atoms with Crippen LogP contribution in [-0.2, 0) is 9.53 Å². The summed E-state index contributed by atoms with van der Waals surface area (Å²) in [5.41, 5.74) is 0.464. The molecule has 0 saturated carbocycles. The number of halogens is 1. The minimum atomic E-state index is -0.366. The van der Waals surface area contributed by atoms with Crippen molar-refractivity contribution in [2.75, 3.05) is 0 Å². The normalized spacial score (nSPS) is 27.6. The van der Waals surface area contributed by atoms with Gasteiger partial charge in [-0.1, -0.05) is 0 Å². The number of hydrogen-bond donors (Lipinski definition) is 1. The second kappa shape index (κ2) is 6.16. The summed E-state index contributed by atoms with van der Waals surface area (Å²) in [4.78, 5) is 24.4. The Bertz CT molecular complexity index is 572. The third kappa shape index (κ3) is 3.19. The average Bonchev–Trinajstić information content (AvgIpc) is 3.10. The fourth-order valence-corrected chi connectivity index (χ4v) is 3.35. The molecule has 22 heavy (non-hydrogen) atoms. The molecule has 3 rings (SSSR count). The Labute approximate surface area is 129 Å². The SMILES string of the molecule is C[C@@H](CC(=O)c1ccc(F)cc1)NC(=O)[C@H]1C[C@H]2CC[C@H]1O2. The Morgan fingerprint density at radius 3 is 2.64 bits per heavy atom. The highest BCUT2D eigenvalue weighted by molar-refractivity contribution is 5.96. The number of benzene rings is 1. The Balaban J connectivity index is 1.51. The summed E-state index contributed by atoms with van der Waals surface area (Å²) in [6, 6.07) is 5.22. The van der Waals surface area contributed by atoms with Crippen LogP contribution in [0.1, 0.15) is 43.0 Å². The summed E-state index contributed by atoms with van der Waals surface area (Å²) in [5.74, 6) is -0.570. The molecule has 2 aliphatic heterocycles. The Kier molecular flexibility index (Phi) is 4.25. The number of carbonyl (C=O) groups is 2. The molecule has 0 radical (unpaired) electrons. The highest BCUT2D eigenvalue weighted by Gasteiger charge is 2.44. The number of fused-ring (bicyclic) bond motifs is 2. The van der Waals surface area contributed by atoms with E-state index in [9.17, 15) is 14.0 Å². The number of amides is 1. The molecule has 0 spiro atoms. The van der Waals surface area contributed by atoms with Gasteiger partial charge in [0.15, 0.2) is 5.78 Å². The molecule has 4 nitrogen and oxygen atoms in total. The van der Waals surface area contributed by atoms with Gasteiger partial charge < -0.3 is 10.1 Å². The van der Waals surface area contributed by atoms with Gasteiger partial charge in [-0.2, -0.15) is 0 Å². The molecular weight excluding hydrogens is 285 g/mol. The van der Waals surface area contributed by atoms with Crippen LogP contribution in [0.3, 0.4) is 0 Å². The molecule has 0 aliphatic carbocycles. The van der Waals surface area contributed by atoms with Gasteiger partial charge in [-0.25, -0.2) is 4.39 Å². The van der Waals surface area contributed by atoms with Gasteiger partial charge in [0, 0.05) is 18.0 Å². The van der Waals surface area contributed by atoms with Crippen LogP contribution >= 0.6 is 0 Å². The zero-order valence-electron chi connectivity index (χ0n) is 12.5. The maximum atomic E-state index is 12.9. The Morgan fingerprint density at radius 1 is 1.32 bits per heavy atom. The number of ketones is 1. The van der Waals surface area contributed by atoms with Crippen LogP contribution in [-0.4, -0.2) is 29.9 Å². The molecule has 1 N–H and O–H groups in total. The maximum absolute atomic E-state index is 12.9. The first-order valence-corrected chi connectivity index (χ1v) is 7.77. The van der Waals surface area contributed by atoms with Crippen LogP contribution in [0.5, 0.6) is 0 Å². The minimum Gasteiger partial charge on any atom is -0.374 e. The first-order chi connectivity index (χ1) is 10.5. The zero-order chi connectivity index (χ0) is 15.7. The smallest absolute Gasteiger partial charge is 0.226 e. The molecule has 2 fully saturated rings. The Hall–Kier alpha value is -1.75. The van der Waals surface area contributed by atoms with E-state index in [1.165, 1.54) is 24.3 Å². The molecule has 2 bridgehead atoms. The van der Waals surface area contributed by atoms with Crippen molar-refractivity contribution in [2.24, 2.45) is 5.92 Å². The number of Topliss-reactive ketones (excluding diaryl/α,β-unsaturated/α-hetero) is 1. The molecule has 1 aromatic rings. The monoisotopic (exact) mass is 305 g/mol. The van der Waals surface area contributed by atoms with Gasteiger partial charge in [0.1, 0.15) is 5.82 Å². The summed E-state index contributed by atoms with van der Waals surface area (Å²) >= 11 is 0. The van der Waals surface area contributed by atoms with Crippen molar-refractivity contribution in [1.82, 2.24) is 5.32 Å². The summed E-state index contributed by atoms with van der Waals surface area (Å²) < 4.78 is 18.5. The Morgan fingerprint density at radius 2 is 2.05 bits per heavy atom. The highest BCUT2D eigenvalue weighted by Crippen LogP contribution is 2.38. The fraction of sp³-hybridized carbons (Fsp3) is 0.529. The lowest BCUT2D eigenvalue weighted by Crippen LogP contribution is -2.41. The van der Waals surface area contributed by atoms with Crippen molar-refractivity contribution in [3.8, 4) is 0 Å². The van der Waals surface area contributed by atoms with Gasteiger partial charge in [0.2, 0.25) is 5.91 Å². The predicted octanol–water partition coefficient (Wildman–Crippen LogP) is 2.47. The predicted molar refractivity (Wildman–Crippen MR) is 79.0 cm³/mol. The van der Waals surface area contributed by atoms with E-state index >= 15 is 0 Å². The third-order valence-electron chi connectivity index (χ3n) is 4.49. The van der Waals surface area contributed by atoms with E-state index in [0.29, 0.717) is 5.56 Å². The van der Waals surface area contributed by atoms with Gasteiger partial charge in [-0.3, -0.25) is 9.59 Å². The van der Waals surface area contributed by atoms with E-state index in [4.69, 9.17) is 4.74 Å². The third-order valence-corrected chi connectivity index (χ3v) is 4.49. The molecular formula is C17H20FNO3. The molecule has 0 unspecified atom stereocenters. The van der Waals surface area contributed by atoms with Crippen LogP contribution in [0.2, 0.25) is 0 Å². The lowest BCUT2D eigenvalue weighted by atomic mass is 9.88. The molecule has 2 aliphatic rings. The van der Waals surface area contributed by atoms with Crippen LogP contribution in [0.15, 0.2) is 24.3 Å². The van der Waals surface area contributed by atoms with E-state index in [1.54, 1.807) is 0 Å². The minimum absolute atomic E-state index is 0.0217. The molecule has 2 saturated heterocycles. The molecule has 5 heteroatoms. The van der Waals surface area contributed by atoms with Crippen LogP contribution < -0.4 is 5.32 Å². The number of ether oxygens (including phenoxy) is 1. The number of nitrogens with one attached hydrogen (secondary N) is 1. The first kappa shape index (κ1) is 15.2. The highest BCUT2D eigenvalue weighted by atomic mass is 19.1. The van der Waals surface area contributed by atoms with Crippen molar-refractivity contribution >= 4 is 11.7 Å². The average molecular weight is 305 g/mol. The quantitative estimate of drug-likeness (QED) is 0.850. The molecule has 1 amide bonds.